The van der Waals surface area contributed by atoms with Crippen molar-refractivity contribution in [3.63, 3.8) is 0 Å². The van der Waals surface area contributed by atoms with Crippen LogP contribution in [0.25, 0.3) is 0 Å². The van der Waals surface area contributed by atoms with Crippen molar-refractivity contribution >= 4 is 0 Å². The van der Waals surface area contributed by atoms with Crippen molar-refractivity contribution in [3.05, 3.63) is 29.8 Å². The molecule has 126 valence electrons. The molecule has 2 aromatic heterocycles. The predicted molar refractivity (Wildman–Crippen MR) is 86.9 cm³/mol. The van der Waals surface area contributed by atoms with Gasteiger partial charge in [0.1, 0.15) is 11.3 Å². The van der Waals surface area contributed by atoms with Gasteiger partial charge < -0.3 is 5.11 Å². The normalized spacial score (nSPS) is 22.8. The second-order valence-electron chi connectivity index (χ2n) is 6.78. The number of aromatic nitrogens is 5. The smallest absolute Gasteiger partial charge is 0.123 e. The van der Waals surface area contributed by atoms with Crippen LogP contribution in [0.4, 0.5) is 0 Å². The third-order valence-electron chi connectivity index (χ3n) is 4.67. The molecule has 0 unspecified atom stereocenters. The number of rotatable bonds is 5. The van der Waals surface area contributed by atoms with Crippen LogP contribution in [-0.2, 0) is 19.1 Å². The topological polar surface area (TPSA) is 72.0 Å². The molecule has 3 rings (SSSR count). The fourth-order valence-electron chi connectivity index (χ4n) is 3.18. The number of nitrogens with zero attached hydrogens (tertiary/aromatic N) is 6. The van der Waals surface area contributed by atoms with E-state index < -0.39 is 5.60 Å². The largest absolute Gasteiger partial charge is 0.382 e. The molecule has 1 aliphatic rings. The fourth-order valence-corrected chi connectivity index (χ4v) is 3.18. The van der Waals surface area contributed by atoms with E-state index in [4.69, 9.17) is 0 Å². The van der Waals surface area contributed by atoms with Gasteiger partial charge in [0.15, 0.2) is 0 Å². The highest BCUT2D eigenvalue weighted by molar-refractivity contribution is 5.10. The lowest BCUT2D eigenvalue weighted by Crippen LogP contribution is -2.47. The van der Waals surface area contributed by atoms with Gasteiger partial charge in [0.25, 0.3) is 0 Å². The summed E-state index contributed by atoms with van der Waals surface area (Å²) in [6.45, 7) is 6.66. The average molecular weight is 318 g/mol. The maximum Gasteiger partial charge on any atom is 0.123 e. The van der Waals surface area contributed by atoms with Gasteiger partial charge >= 0.3 is 0 Å². The molecule has 0 bridgehead atoms. The zero-order valence-electron chi connectivity index (χ0n) is 14.2. The van der Waals surface area contributed by atoms with E-state index in [0.717, 1.165) is 32.4 Å². The lowest BCUT2D eigenvalue weighted by molar-refractivity contribution is -0.0386. The molecule has 7 nitrogen and oxygen atoms in total. The van der Waals surface area contributed by atoms with Gasteiger partial charge in [-0.15, -0.1) is 5.10 Å². The molecule has 1 saturated heterocycles. The standard InChI is InChI=1S/C16H26N6O/c1-13(2)22-11-15(18-19-22)16(23)7-4-9-21(12-16)10-6-14-5-8-17-20(14)3/h5,8,11,13,23H,4,6-7,9-10,12H2,1-3H3/t16-/m0/s1. The molecule has 0 radical (unpaired) electrons. The Hall–Kier alpha value is -1.73. The molecule has 0 aliphatic carbocycles. The maximum atomic E-state index is 11.0. The zero-order valence-corrected chi connectivity index (χ0v) is 14.2. The van der Waals surface area contributed by atoms with E-state index in [1.807, 2.05) is 34.9 Å². The van der Waals surface area contributed by atoms with Crippen LogP contribution in [0.15, 0.2) is 18.5 Å². The summed E-state index contributed by atoms with van der Waals surface area (Å²) in [5.74, 6) is 0. The minimum atomic E-state index is -0.891. The molecule has 23 heavy (non-hydrogen) atoms. The first-order valence-corrected chi connectivity index (χ1v) is 8.32. The van der Waals surface area contributed by atoms with Gasteiger partial charge in [0, 0.05) is 44.5 Å². The van der Waals surface area contributed by atoms with Crippen molar-refractivity contribution in [3.8, 4) is 0 Å². The molecule has 7 heteroatoms. The fraction of sp³-hybridized carbons (Fsp3) is 0.688. The summed E-state index contributed by atoms with van der Waals surface area (Å²) < 4.78 is 3.71. The molecule has 0 saturated carbocycles. The Morgan fingerprint density at radius 3 is 2.87 bits per heavy atom. The van der Waals surface area contributed by atoms with Crippen molar-refractivity contribution < 1.29 is 5.11 Å². The molecule has 0 spiro atoms. The van der Waals surface area contributed by atoms with E-state index in [2.05, 4.69) is 34.2 Å². The summed E-state index contributed by atoms with van der Waals surface area (Å²) >= 11 is 0. The van der Waals surface area contributed by atoms with E-state index in [1.165, 1.54) is 5.69 Å². The number of piperidine rings is 1. The second kappa shape index (κ2) is 6.41. The summed E-state index contributed by atoms with van der Waals surface area (Å²) in [5.41, 5.74) is 1.01. The quantitative estimate of drug-likeness (QED) is 0.894. The van der Waals surface area contributed by atoms with Crippen molar-refractivity contribution in [2.24, 2.45) is 7.05 Å². The number of hydrogen-bond acceptors (Lipinski definition) is 5. The van der Waals surface area contributed by atoms with Gasteiger partial charge in [-0.1, -0.05) is 5.21 Å². The molecule has 2 aromatic rings. The van der Waals surface area contributed by atoms with Crippen molar-refractivity contribution in [1.82, 2.24) is 29.7 Å². The number of aryl methyl sites for hydroxylation is 1. The highest BCUT2D eigenvalue weighted by Crippen LogP contribution is 2.30. The second-order valence-corrected chi connectivity index (χ2v) is 6.78. The predicted octanol–water partition coefficient (Wildman–Crippen LogP) is 1.12. The van der Waals surface area contributed by atoms with E-state index in [0.29, 0.717) is 12.2 Å². The van der Waals surface area contributed by atoms with E-state index in [9.17, 15) is 5.11 Å². The highest BCUT2D eigenvalue weighted by Gasteiger charge is 2.37. The van der Waals surface area contributed by atoms with Gasteiger partial charge in [-0.05, 0) is 39.3 Å². The first-order valence-electron chi connectivity index (χ1n) is 8.32. The third kappa shape index (κ3) is 3.45. The minimum absolute atomic E-state index is 0.254. The molecule has 1 aliphatic heterocycles. The van der Waals surface area contributed by atoms with Crippen molar-refractivity contribution in [1.29, 1.82) is 0 Å². The van der Waals surface area contributed by atoms with Crippen molar-refractivity contribution in [2.75, 3.05) is 19.6 Å². The van der Waals surface area contributed by atoms with Gasteiger partial charge in [0.2, 0.25) is 0 Å². The van der Waals surface area contributed by atoms with Crippen molar-refractivity contribution in [2.45, 2.75) is 44.8 Å². The van der Waals surface area contributed by atoms with Gasteiger partial charge in [-0.25, -0.2) is 4.68 Å². The highest BCUT2D eigenvalue weighted by atomic mass is 16.3. The molecule has 3 heterocycles. The van der Waals surface area contributed by atoms with E-state index in [-0.39, 0.29) is 6.04 Å². The Kier molecular flexibility index (Phi) is 4.50. The maximum absolute atomic E-state index is 11.0. The summed E-state index contributed by atoms with van der Waals surface area (Å²) in [6, 6.07) is 2.30. The van der Waals surface area contributed by atoms with Gasteiger partial charge in [0.05, 0.1) is 6.20 Å². The van der Waals surface area contributed by atoms with Crippen LogP contribution in [0.3, 0.4) is 0 Å². The molecule has 1 N–H and O–H groups in total. The lowest BCUT2D eigenvalue weighted by Gasteiger charge is -2.38. The Bertz CT molecular complexity index is 649. The summed E-state index contributed by atoms with van der Waals surface area (Å²) in [5, 5.41) is 23.6. The molecule has 1 fully saturated rings. The van der Waals surface area contributed by atoms with Crippen LogP contribution in [0.5, 0.6) is 0 Å². The van der Waals surface area contributed by atoms with Crippen LogP contribution < -0.4 is 0 Å². The zero-order chi connectivity index (χ0) is 16.4. The Morgan fingerprint density at radius 1 is 1.39 bits per heavy atom. The number of likely N-dealkylation sites (tertiary alicyclic amines) is 1. The Labute approximate surface area is 136 Å². The van der Waals surface area contributed by atoms with E-state index in [1.54, 1.807) is 0 Å². The van der Waals surface area contributed by atoms with Crippen LogP contribution >= 0.6 is 0 Å². The minimum Gasteiger partial charge on any atom is -0.382 e. The number of aliphatic hydroxyl groups is 1. The monoisotopic (exact) mass is 318 g/mol. The first-order chi connectivity index (χ1) is 11.0. The lowest BCUT2D eigenvalue weighted by atomic mass is 9.90. The summed E-state index contributed by atoms with van der Waals surface area (Å²) in [6.07, 6.45) is 6.36. The number of hydrogen-bond donors (Lipinski definition) is 1. The van der Waals surface area contributed by atoms with Crippen LogP contribution in [0.1, 0.15) is 44.1 Å². The molecule has 0 amide bonds. The van der Waals surface area contributed by atoms with Gasteiger partial charge in [-0.3, -0.25) is 9.58 Å². The van der Waals surface area contributed by atoms with Gasteiger partial charge in [-0.2, -0.15) is 5.10 Å². The third-order valence-corrected chi connectivity index (χ3v) is 4.67. The molecule has 0 aromatic carbocycles. The molecular weight excluding hydrogens is 292 g/mol. The first kappa shape index (κ1) is 16.1. The van der Waals surface area contributed by atoms with Crippen LogP contribution in [0, 0.1) is 0 Å². The van der Waals surface area contributed by atoms with E-state index >= 15 is 0 Å². The summed E-state index contributed by atoms with van der Waals surface area (Å²) in [7, 11) is 1.96. The molecule has 1 atom stereocenters. The average Bonchev–Trinajstić information content (AvgIpc) is 3.15. The summed E-state index contributed by atoms with van der Waals surface area (Å²) in [4.78, 5) is 2.31. The Balaban J connectivity index is 1.65. The number of β-amino-alcohol motifs (C(OH)–C–C–N with tert-alkyl or cyclic N) is 1. The van der Waals surface area contributed by atoms with Crippen LogP contribution in [-0.4, -0.2) is 54.4 Å². The SMILES string of the molecule is CC(C)n1cc([C@]2(O)CCCN(CCc3ccnn3C)C2)nn1. The van der Waals surface area contributed by atoms with Crippen LogP contribution in [0.2, 0.25) is 0 Å². The molecular formula is C16H26N6O. The Morgan fingerprint density at radius 2 is 2.22 bits per heavy atom.